The van der Waals surface area contributed by atoms with Crippen LogP contribution in [0.4, 0.5) is 4.79 Å². The molecule has 0 radical (unpaired) electrons. The molecule has 1 aliphatic rings. The smallest absolute Gasteiger partial charge is 0.412 e. The molecule has 0 saturated carbocycles. The average Bonchev–Trinajstić information content (AvgIpc) is 3.22. The van der Waals surface area contributed by atoms with Crippen molar-refractivity contribution >= 4 is 22.8 Å². The SMILES string of the molecule is CCN(Cc1cccc2ccccc12)C(=O)[C@@H]1CCC(O)N1C(=O)OCc1ccccc1. The standard InChI is InChI=1S/C26H28N2O4/c1-2-27(17-21-13-8-12-20-11-6-7-14-22(20)21)25(30)23-15-16-24(29)28(23)26(31)32-18-19-9-4-3-5-10-19/h3-14,23-24,29H,2,15-18H2,1H3/t23-,24?/m0/s1. The minimum atomic E-state index is -1.02. The summed E-state index contributed by atoms with van der Waals surface area (Å²) in [5, 5.41) is 12.6. The first kappa shape index (κ1) is 21.8. The van der Waals surface area contributed by atoms with Gasteiger partial charge in [0.2, 0.25) is 5.91 Å². The van der Waals surface area contributed by atoms with Gasteiger partial charge in [0.1, 0.15) is 18.9 Å². The lowest BCUT2D eigenvalue weighted by Gasteiger charge is -2.31. The molecule has 6 heteroatoms. The lowest BCUT2D eigenvalue weighted by atomic mass is 10.0. The number of aliphatic hydroxyl groups is 1. The van der Waals surface area contributed by atoms with Crippen molar-refractivity contribution in [1.29, 1.82) is 0 Å². The fourth-order valence-corrected chi connectivity index (χ4v) is 4.27. The molecule has 0 bridgehead atoms. The van der Waals surface area contributed by atoms with Crippen molar-refractivity contribution in [2.45, 2.75) is 45.2 Å². The number of hydrogen-bond acceptors (Lipinski definition) is 4. The van der Waals surface area contributed by atoms with Crippen LogP contribution in [0.1, 0.15) is 30.9 Å². The van der Waals surface area contributed by atoms with E-state index in [4.69, 9.17) is 4.74 Å². The van der Waals surface area contributed by atoms with E-state index in [2.05, 4.69) is 18.2 Å². The van der Waals surface area contributed by atoms with Gasteiger partial charge in [-0.25, -0.2) is 4.79 Å². The molecule has 1 saturated heterocycles. The third-order valence-electron chi connectivity index (χ3n) is 5.99. The Morgan fingerprint density at radius 1 is 1.00 bits per heavy atom. The van der Waals surface area contributed by atoms with Gasteiger partial charge in [0.05, 0.1) is 0 Å². The molecule has 2 amide bonds. The van der Waals surface area contributed by atoms with Crippen LogP contribution in [0.5, 0.6) is 0 Å². The normalized spacial score (nSPS) is 18.0. The van der Waals surface area contributed by atoms with Crippen LogP contribution in [0.15, 0.2) is 72.8 Å². The first-order chi connectivity index (χ1) is 15.6. The first-order valence-corrected chi connectivity index (χ1v) is 11.0. The molecule has 0 spiro atoms. The quantitative estimate of drug-likeness (QED) is 0.630. The molecule has 0 aliphatic carbocycles. The van der Waals surface area contributed by atoms with Crippen molar-refractivity contribution in [3.8, 4) is 0 Å². The second-order valence-electron chi connectivity index (χ2n) is 8.01. The molecular formula is C26H28N2O4. The molecule has 1 fully saturated rings. The van der Waals surface area contributed by atoms with Gasteiger partial charge in [0.25, 0.3) is 0 Å². The van der Waals surface area contributed by atoms with Gasteiger partial charge in [-0.1, -0.05) is 72.8 Å². The fraction of sp³-hybridized carbons (Fsp3) is 0.308. The minimum Gasteiger partial charge on any atom is -0.444 e. The number of benzene rings is 3. The molecule has 1 aliphatic heterocycles. The summed E-state index contributed by atoms with van der Waals surface area (Å²) >= 11 is 0. The molecule has 1 unspecified atom stereocenters. The predicted molar refractivity (Wildman–Crippen MR) is 123 cm³/mol. The highest BCUT2D eigenvalue weighted by molar-refractivity contribution is 5.88. The average molecular weight is 433 g/mol. The topological polar surface area (TPSA) is 70.1 Å². The van der Waals surface area contributed by atoms with Crippen LogP contribution in [0.3, 0.4) is 0 Å². The predicted octanol–water partition coefficient (Wildman–Crippen LogP) is 4.31. The van der Waals surface area contributed by atoms with Crippen LogP contribution >= 0.6 is 0 Å². The third kappa shape index (κ3) is 4.60. The maximum atomic E-state index is 13.4. The number of aliphatic hydroxyl groups excluding tert-OH is 1. The number of hydrogen-bond donors (Lipinski definition) is 1. The maximum absolute atomic E-state index is 13.4. The van der Waals surface area contributed by atoms with Gasteiger partial charge in [0.15, 0.2) is 0 Å². The van der Waals surface area contributed by atoms with Crippen LogP contribution < -0.4 is 0 Å². The van der Waals surface area contributed by atoms with Crippen LogP contribution in [0.2, 0.25) is 0 Å². The Balaban J connectivity index is 1.48. The number of fused-ring (bicyclic) bond motifs is 1. The molecule has 4 rings (SSSR count). The zero-order valence-corrected chi connectivity index (χ0v) is 18.2. The van der Waals surface area contributed by atoms with Crippen molar-refractivity contribution in [3.63, 3.8) is 0 Å². The van der Waals surface area contributed by atoms with Gasteiger partial charge in [-0.15, -0.1) is 0 Å². The van der Waals surface area contributed by atoms with E-state index in [0.29, 0.717) is 25.9 Å². The summed E-state index contributed by atoms with van der Waals surface area (Å²) < 4.78 is 5.41. The van der Waals surface area contributed by atoms with Gasteiger partial charge in [0, 0.05) is 13.1 Å². The summed E-state index contributed by atoms with van der Waals surface area (Å²) in [6, 6.07) is 22.8. The van der Waals surface area contributed by atoms with Crippen LogP contribution in [-0.2, 0) is 22.7 Å². The zero-order valence-electron chi connectivity index (χ0n) is 18.2. The fourth-order valence-electron chi connectivity index (χ4n) is 4.27. The molecule has 1 heterocycles. The second kappa shape index (κ2) is 9.83. The van der Waals surface area contributed by atoms with Crippen LogP contribution in [-0.4, -0.2) is 45.7 Å². The van der Waals surface area contributed by atoms with Crippen molar-refractivity contribution in [2.24, 2.45) is 0 Å². The number of likely N-dealkylation sites (N-methyl/N-ethyl adjacent to an activating group) is 1. The molecule has 0 aromatic heterocycles. The molecule has 6 nitrogen and oxygen atoms in total. The summed E-state index contributed by atoms with van der Waals surface area (Å²) in [5.41, 5.74) is 1.90. The monoisotopic (exact) mass is 432 g/mol. The van der Waals surface area contributed by atoms with E-state index in [1.165, 1.54) is 4.90 Å². The van der Waals surface area contributed by atoms with Gasteiger partial charge in [-0.05, 0) is 41.7 Å². The van der Waals surface area contributed by atoms with Gasteiger partial charge >= 0.3 is 6.09 Å². The Labute approximate surface area is 188 Å². The number of nitrogens with zero attached hydrogens (tertiary/aromatic N) is 2. The summed E-state index contributed by atoms with van der Waals surface area (Å²) in [6.45, 7) is 2.96. The van der Waals surface area contributed by atoms with Crippen LogP contribution in [0.25, 0.3) is 10.8 Å². The van der Waals surface area contributed by atoms with Crippen molar-refractivity contribution in [1.82, 2.24) is 9.80 Å². The van der Waals surface area contributed by atoms with E-state index in [9.17, 15) is 14.7 Å². The van der Waals surface area contributed by atoms with E-state index in [0.717, 1.165) is 21.9 Å². The number of ether oxygens (including phenoxy) is 1. The molecule has 1 N–H and O–H groups in total. The van der Waals surface area contributed by atoms with Crippen molar-refractivity contribution in [2.75, 3.05) is 6.54 Å². The minimum absolute atomic E-state index is 0.0945. The first-order valence-electron chi connectivity index (χ1n) is 11.0. The van der Waals surface area contributed by atoms with Crippen molar-refractivity contribution in [3.05, 3.63) is 83.9 Å². The van der Waals surface area contributed by atoms with Gasteiger partial charge < -0.3 is 14.7 Å². The molecule has 3 aromatic rings. The van der Waals surface area contributed by atoms with E-state index >= 15 is 0 Å². The maximum Gasteiger partial charge on any atom is 0.412 e. The number of amides is 2. The molecule has 32 heavy (non-hydrogen) atoms. The molecule has 3 aromatic carbocycles. The Morgan fingerprint density at radius 2 is 1.72 bits per heavy atom. The second-order valence-corrected chi connectivity index (χ2v) is 8.01. The molecular weight excluding hydrogens is 404 g/mol. The number of carbonyl (C=O) groups excluding carboxylic acids is 2. The van der Waals surface area contributed by atoms with Gasteiger partial charge in [-0.2, -0.15) is 0 Å². The Morgan fingerprint density at radius 3 is 2.50 bits per heavy atom. The van der Waals surface area contributed by atoms with Crippen LogP contribution in [0, 0.1) is 0 Å². The Bertz CT molecular complexity index is 1080. The highest BCUT2D eigenvalue weighted by Gasteiger charge is 2.42. The van der Waals surface area contributed by atoms with E-state index in [-0.39, 0.29) is 12.5 Å². The molecule has 2 atom stereocenters. The zero-order chi connectivity index (χ0) is 22.5. The third-order valence-corrected chi connectivity index (χ3v) is 5.99. The highest BCUT2D eigenvalue weighted by atomic mass is 16.6. The number of rotatable bonds is 6. The van der Waals surface area contributed by atoms with E-state index in [1.807, 2.05) is 61.5 Å². The summed E-state index contributed by atoms with van der Waals surface area (Å²) in [6.07, 6.45) is -0.934. The molecule has 166 valence electrons. The lowest BCUT2D eigenvalue weighted by molar-refractivity contribution is -0.138. The Hall–Kier alpha value is -3.38. The number of likely N-dealkylation sites (tertiary alicyclic amines) is 1. The largest absolute Gasteiger partial charge is 0.444 e. The van der Waals surface area contributed by atoms with E-state index in [1.54, 1.807) is 4.90 Å². The highest BCUT2D eigenvalue weighted by Crippen LogP contribution is 2.27. The summed E-state index contributed by atoms with van der Waals surface area (Å²) in [5.74, 6) is -0.173. The lowest BCUT2D eigenvalue weighted by Crippen LogP contribution is -2.50. The van der Waals surface area contributed by atoms with E-state index < -0.39 is 18.4 Å². The summed E-state index contributed by atoms with van der Waals surface area (Å²) in [4.78, 5) is 29.1. The summed E-state index contributed by atoms with van der Waals surface area (Å²) in [7, 11) is 0. The van der Waals surface area contributed by atoms with Gasteiger partial charge in [-0.3, -0.25) is 9.69 Å². The number of carbonyl (C=O) groups is 2. The Kier molecular flexibility index (Phi) is 6.71. The van der Waals surface area contributed by atoms with Crippen molar-refractivity contribution < 1.29 is 19.4 Å².